The quantitative estimate of drug-likeness (QED) is 0.753. The fourth-order valence-corrected chi connectivity index (χ4v) is 3.30. The Hall–Kier alpha value is -2.08. The van der Waals surface area contributed by atoms with E-state index >= 15 is 0 Å². The molecule has 3 aromatic rings. The highest BCUT2D eigenvalue weighted by Crippen LogP contribution is 2.28. The molecule has 0 saturated carbocycles. The number of nitrogens with zero attached hydrogens (tertiary/aromatic N) is 1. The average Bonchev–Trinajstić information content (AvgIpc) is 2.96. The number of benzene rings is 2. The Bertz CT molecular complexity index is 799. The molecule has 1 amide bonds. The van der Waals surface area contributed by atoms with Crippen molar-refractivity contribution < 1.29 is 9.86 Å². The van der Waals surface area contributed by atoms with Crippen LogP contribution < -0.4 is 5.06 Å². The number of carbonyl (C=O) groups excluding carboxylic acids is 1. The lowest BCUT2D eigenvalue weighted by Crippen LogP contribution is -3.10. The number of quaternary nitrogens is 1. The first-order valence-electron chi connectivity index (χ1n) is 7.18. The van der Waals surface area contributed by atoms with Gasteiger partial charge >= 0.3 is 5.91 Å². The second kappa shape index (κ2) is 6.36. The third-order valence-electron chi connectivity index (χ3n) is 3.48. The van der Waals surface area contributed by atoms with Gasteiger partial charge in [-0.15, -0.1) is 11.3 Å². The van der Waals surface area contributed by atoms with Crippen molar-refractivity contribution in [1.29, 1.82) is 0 Å². The molecule has 1 aromatic heterocycles. The number of carbonyl (C=O) groups is 1. The Balaban J connectivity index is 1.89. The van der Waals surface area contributed by atoms with Crippen molar-refractivity contribution in [2.75, 3.05) is 6.54 Å². The normalized spacial score (nSPS) is 12.5. The molecule has 1 atom stereocenters. The monoisotopic (exact) mass is 312 g/mol. The molecule has 0 saturated heterocycles. The molecule has 1 N–H and O–H groups in total. The molecule has 1 unspecified atom stereocenters. The predicted octanol–water partition coefficient (Wildman–Crippen LogP) is 2.44. The average molecular weight is 312 g/mol. The maximum Gasteiger partial charge on any atom is 0.318 e. The second-order valence-corrected chi connectivity index (χ2v) is 6.15. The third-order valence-corrected chi connectivity index (χ3v) is 4.50. The molecule has 112 valence electrons. The summed E-state index contributed by atoms with van der Waals surface area (Å²) in [7, 11) is 0. The Kier molecular flexibility index (Phi) is 4.29. The lowest BCUT2D eigenvalue weighted by molar-refractivity contribution is -0.762. The number of likely N-dealkylation sites (N-methyl/N-ethyl adjacent to an activating group) is 1. The zero-order valence-electron chi connectivity index (χ0n) is 12.2. The van der Waals surface area contributed by atoms with Crippen LogP contribution in [0.1, 0.15) is 11.9 Å². The minimum atomic E-state index is -0.357. The van der Waals surface area contributed by atoms with E-state index in [2.05, 4.69) is 23.2 Å². The summed E-state index contributed by atoms with van der Waals surface area (Å²) in [5.41, 5.74) is 3.15. The summed E-state index contributed by atoms with van der Waals surface area (Å²) in [6.45, 7) is 1.95. The van der Waals surface area contributed by atoms with Gasteiger partial charge in [0, 0.05) is 0 Å². The number of aromatic nitrogens is 1. The lowest BCUT2D eigenvalue weighted by Gasteiger charge is -2.16. The molecule has 4 nitrogen and oxygen atoms in total. The fourth-order valence-electron chi connectivity index (χ4n) is 2.29. The van der Waals surface area contributed by atoms with Gasteiger partial charge in [0.05, 0.1) is 16.8 Å². The molecule has 0 aliphatic rings. The van der Waals surface area contributed by atoms with Crippen LogP contribution in [0.3, 0.4) is 0 Å². The van der Waals surface area contributed by atoms with Gasteiger partial charge in [0.2, 0.25) is 0 Å². The van der Waals surface area contributed by atoms with Crippen LogP contribution in [0.15, 0.2) is 48.5 Å². The minimum Gasteiger partial charge on any atom is -0.627 e. The molecule has 0 radical (unpaired) electrons. The van der Waals surface area contributed by atoms with E-state index in [1.807, 2.05) is 30.3 Å². The van der Waals surface area contributed by atoms with Crippen LogP contribution in [-0.4, -0.2) is 17.4 Å². The van der Waals surface area contributed by atoms with Gasteiger partial charge in [-0.2, -0.15) is 0 Å². The molecule has 0 aliphatic carbocycles. The van der Waals surface area contributed by atoms with E-state index in [1.54, 1.807) is 6.92 Å². The van der Waals surface area contributed by atoms with Crippen LogP contribution in [0.4, 0.5) is 0 Å². The van der Waals surface area contributed by atoms with Gasteiger partial charge in [0.15, 0.2) is 0 Å². The van der Waals surface area contributed by atoms with E-state index in [0.29, 0.717) is 5.01 Å². The summed E-state index contributed by atoms with van der Waals surface area (Å²) >= 11 is 1.48. The highest BCUT2D eigenvalue weighted by Gasteiger charge is 2.14. The first-order valence-corrected chi connectivity index (χ1v) is 8.00. The molecule has 3 rings (SSSR count). The molecule has 0 aliphatic heterocycles. The number of hydrogen-bond acceptors (Lipinski definition) is 4. The number of hydrogen-bond donors (Lipinski definition) is 1. The smallest absolute Gasteiger partial charge is 0.318 e. The highest BCUT2D eigenvalue weighted by molar-refractivity contribution is 7.18. The van der Waals surface area contributed by atoms with E-state index in [0.717, 1.165) is 21.3 Å². The Morgan fingerprint density at radius 1 is 1.18 bits per heavy atom. The number of thiazole rings is 1. The molecular weight excluding hydrogens is 296 g/mol. The van der Waals surface area contributed by atoms with Crippen molar-refractivity contribution in [3.8, 4) is 11.1 Å². The van der Waals surface area contributed by atoms with Gasteiger partial charge in [0.1, 0.15) is 11.4 Å². The van der Waals surface area contributed by atoms with Gasteiger partial charge in [-0.1, -0.05) is 36.4 Å². The maximum absolute atomic E-state index is 11.7. The summed E-state index contributed by atoms with van der Waals surface area (Å²) in [6, 6.07) is 16.2. The third kappa shape index (κ3) is 3.06. The fraction of sp³-hybridized carbons (Fsp3) is 0.176. The summed E-state index contributed by atoms with van der Waals surface area (Å²) in [6.07, 6.45) is 0.104. The molecule has 22 heavy (non-hydrogen) atoms. The maximum atomic E-state index is 11.7. The highest BCUT2D eigenvalue weighted by atomic mass is 32.1. The zero-order valence-corrected chi connectivity index (χ0v) is 13.0. The Morgan fingerprint density at radius 3 is 2.68 bits per heavy atom. The van der Waals surface area contributed by atoms with Crippen LogP contribution >= 0.6 is 11.3 Å². The van der Waals surface area contributed by atoms with Crippen LogP contribution in [0.25, 0.3) is 21.3 Å². The Morgan fingerprint density at radius 2 is 1.95 bits per heavy atom. The van der Waals surface area contributed by atoms with E-state index in [9.17, 15) is 10.0 Å². The second-order valence-electron chi connectivity index (χ2n) is 5.03. The minimum absolute atomic E-state index is 0.104. The van der Waals surface area contributed by atoms with Gasteiger partial charge in [-0.25, -0.2) is 9.78 Å². The predicted molar refractivity (Wildman–Crippen MR) is 88.6 cm³/mol. The SMILES string of the molecule is CC[NH+]([O-])C(=O)Cc1nc2ccc(-c3ccccc3)cc2s1. The standard InChI is InChI=1S/C17H16N2O2S/c1-2-19(21)17(20)11-16-18-14-9-8-13(10-15(14)22-16)12-6-4-3-5-7-12/h3-10,19H,2,11H2,1H3. The first kappa shape index (κ1) is 14.8. The number of fused-ring (bicyclic) bond motifs is 1. The molecular formula is C17H16N2O2S. The van der Waals surface area contributed by atoms with Gasteiger partial charge in [-0.3, -0.25) is 0 Å². The van der Waals surface area contributed by atoms with Crippen LogP contribution in [0.2, 0.25) is 0 Å². The number of nitrogens with one attached hydrogen (secondary N) is 1. The van der Waals surface area contributed by atoms with E-state index < -0.39 is 0 Å². The number of hydroxylamine groups is 2. The summed E-state index contributed by atoms with van der Waals surface area (Å²) in [4.78, 5) is 16.2. The number of rotatable bonds is 4. The molecule has 1 heterocycles. The Labute approximate surface area is 132 Å². The largest absolute Gasteiger partial charge is 0.627 e. The van der Waals surface area contributed by atoms with Crippen molar-refractivity contribution >= 4 is 27.5 Å². The van der Waals surface area contributed by atoms with Crippen LogP contribution in [0.5, 0.6) is 0 Å². The number of amides is 1. The van der Waals surface area contributed by atoms with E-state index in [-0.39, 0.29) is 23.9 Å². The van der Waals surface area contributed by atoms with Crippen molar-refractivity contribution in [2.24, 2.45) is 0 Å². The molecule has 0 spiro atoms. The van der Waals surface area contributed by atoms with Crippen molar-refractivity contribution in [2.45, 2.75) is 13.3 Å². The van der Waals surface area contributed by atoms with Gasteiger partial charge in [-0.05, 0) is 30.2 Å². The summed E-state index contributed by atoms with van der Waals surface area (Å²) < 4.78 is 1.04. The lowest BCUT2D eigenvalue weighted by atomic mass is 10.1. The zero-order chi connectivity index (χ0) is 15.5. The summed E-state index contributed by atoms with van der Waals surface area (Å²) in [5, 5.41) is 11.8. The molecule has 5 heteroatoms. The molecule has 0 bridgehead atoms. The van der Waals surface area contributed by atoms with Crippen molar-refractivity contribution in [3.63, 3.8) is 0 Å². The van der Waals surface area contributed by atoms with E-state index in [4.69, 9.17) is 0 Å². The van der Waals surface area contributed by atoms with Gasteiger partial charge in [0.25, 0.3) is 0 Å². The van der Waals surface area contributed by atoms with Crippen LogP contribution in [0, 0.1) is 5.21 Å². The van der Waals surface area contributed by atoms with E-state index in [1.165, 1.54) is 11.3 Å². The molecule has 0 fully saturated rings. The van der Waals surface area contributed by atoms with Gasteiger partial charge < -0.3 is 10.3 Å². The van der Waals surface area contributed by atoms with Crippen LogP contribution in [-0.2, 0) is 11.2 Å². The topological polar surface area (TPSA) is 57.5 Å². The summed E-state index contributed by atoms with van der Waals surface area (Å²) in [5.74, 6) is -0.357. The van der Waals surface area contributed by atoms with Crippen molar-refractivity contribution in [3.05, 3.63) is 58.7 Å². The van der Waals surface area contributed by atoms with Crippen molar-refractivity contribution in [1.82, 2.24) is 4.98 Å². The first-order chi connectivity index (χ1) is 10.7. The molecule has 2 aromatic carbocycles.